The number of hydrogen-bond donors (Lipinski definition) is 1. The van der Waals surface area contributed by atoms with Crippen molar-refractivity contribution in [3.8, 4) is 5.75 Å². The number of amides is 4. The number of nitrogens with one attached hydrogen (secondary N) is 1. The Morgan fingerprint density at radius 1 is 1.08 bits per heavy atom. The Kier molecular flexibility index (Phi) is 4.53. The first-order valence-corrected chi connectivity index (χ1v) is 7.72. The molecule has 0 bridgehead atoms. The summed E-state index contributed by atoms with van der Waals surface area (Å²) in [5.41, 5.74) is 1.41. The summed E-state index contributed by atoms with van der Waals surface area (Å²) in [6, 6.07) is 9.12. The second kappa shape index (κ2) is 6.79. The van der Waals surface area contributed by atoms with E-state index in [0.717, 1.165) is 22.6 Å². The van der Waals surface area contributed by atoms with E-state index >= 15 is 0 Å². The maximum atomic E-state index is 13.1. The molecule has 26 heavy (non-hydrogen) atoms. The number of urea groups is 1. The fourth-order valence-electron chi connectivity index (χ4n) is 2.64. The quantitative estimate of drug-likeness (QED) is 0.679. The second-order valence-electron chi connectivity index (χ2n) is 5.66. The number of hydrogen-bond acceptors (Lipinski definition) is 4. The summed E-state index contributed by atoms with van der Waals surface area (Å²) in [5, 5.41) is 2.12. The van der Waals surface area contributed by atoms with E-state index in [1.807, 2.05) is 6.92 Å². The van der Waals surface area contributed by atoms with E-state index in [0.29, 0.717) is 11.3 Å². The molecule has 132 valence electrons. The lowest BCUT2D eigenvalue weighted by Gasteiger charge is -2.26. The fraction of sp³-hybridized carbons (Fsp3) is 0.105. The van der Waals surface area contributed by atoms with Crippen LogP contribution in [0.2, 0.25) is 0 Å². The van der Waals surface area contributed by atoms with Gasteiger partial charge in [-0.15, -0.1) is 0 Å². The Balaban J connectivity index is 1.99. The van der Waals surface area contributed by atoms with Crippen molar-refractivity contribution in [3.05, 3.63) is 65.0 Å². The van der Waals surface area contributed by atoms with Crippen LogP contribution in [0.3, 0.4) is 0 Å². The molecule has 1 fully saturated rings. The van der Waals surface area contributed by atoms with Gasteiger partial charge in [0.1, 0.15) is 17.1 Å². The predicted molar refractivity (Wildman–Crippen MR) is 93.1 cm³/mol. The van der Waals surface area contributed by atoms with Crippen LogP contribution in [0.15, 0.2) is 48.0 Å². The molecule has 4 amide bonds. The largest absolute Gasteiger partial charge is 0.496 e. The molecule has 1 heterocycles. The number of nitrogens with zero attached hydrogens (tertiary/aromatic N) is 1. The Morgan fingerprint density at radius 2 is 1.77 bits per heavy atom. The molecule has 0 radical (unpaired) electrons. The van der Waals surface area contributed by atoms with E-state index in [4.69, 9.17) is 4.74 Å². The molecule has 1 aliphatic heterocycles. The van der Waals surface area contributed by atoms with E-state index in [1.165, 1.54) is 18.2 Å². The lowest BCUT2D eigenvalue weighted by atomic mass is 10.0. The third-order valence-corrected chi connectivity index (χ3v) is 3.92. The van der Waals surface area contributed by atoms with E-state index in [9.17, 15) is 18.8 Å². The minimum atomic E-state index is -0.880. The molecule has 1 aliphatic rings. The highest BCUT2D eigenvalue weighted by Gasteiger charge is 2.36. The van der Waals surface area contributed by atoms with E-state index in [1.54, 1.807) is 25.3 Å². The normalized spacial score (nSPS) is 16.0. The molecule has 0 atom stereocenters. The van der Waals surface area contributed by atoms with Crippen molar-refractivity contribution in [2.45, 2.75) is 6.92 Å². The zero-order valence-electron chi connectivity index (χ0n) is 14.1. The summed E-state index contributed by atoms with van der Waals surface area (Å²) in [6.45, 7) is 1.83. The molecule has 1 saturated heterocycles. The zero-order chi connectivity index (χ0) is 18.8. The molecule has 3 rings (SSSR count). The van der Waals surface area contributed by atoms with Gasteiger partial charge in [-0.1, -0.05) is 6.07 Å². The fourth-order valence-corrected chi connectivity index (χ4v) is 2.64. The number of halogens is 1. The van der Waals surface area contributed by atoms with Gasteiger partial charge in [-0.25, -0.2) is 14.1 Å². The molecule has 0 aromatic heterocycles. The van der Waals surface area contributed by atoms with Crippen molar-refractivity contribution in [2.24, 2.45) is 0 Å². The number of rotatable bonds is 3. The lowest BCUT2D eigenvalue weighted by Crippen LogP contribution is -2.54. The van der Waals surface area contributed by atoms with Gasteiger partial charge in [0.2, 0.25) is 0 Å². The van der Waals surface area contributed by atoms with Crippen molar-refractivity contribution < 1.29 is 23.5 Å². The Morgan fingerprint density at radius 3 is 2.38 bits per heavy atom. The number of carbonyl (C=O) groups is 3. The molecule has 0 unspecified atom stereocenters. The van der Waals surface area contributed by atoms with Crippen LogP contribution in [0.4, 0.5) is 14.9 Å². The van der Waals surface area contributed by atoms with Gasteiger partial charge in [0.25, 0.3) is 11.8 Å². The van der Waals surface area contributed by atoms with Crippen LogP contribution in [-0.4, -0.2) is 25.0 Å². The van der Waals surface area contributed by atoms with E-state index in [2.05, 4.69) is 5.32 Å². The van der Waals surface area contributed by atoms with Crippen LogP contribution in [0.5, 0.6) is 5.75 Å². The summed E-state index contributed by atoms with van der Waals surface area (Å²) >= 11 is 0. The molecular formula is C19H15FN2O4. The monoisotopic (exact) mass is 354 g/mol. The first-order chi connectivity index (χ1) is 12.4. The highest BCUT2D eigenvalue weighted by Crippen LogP contribution is 2.24. The zero-order valence-corrected chi connectivity index (χ0v) is 14.1. The SMILES string of the molecule is COc1ccc(/C=C2\C(=O)NC(=O)N(c3ccc(F)cc3)C2=O)cc1C. The maximum absolute atomic E-state index is 13.1. The third-order valence-electron chi connectivity index (χ3n) is 3.92. The highest BCUT2D eigenvalue weighted by atomic mass is 19.1. The predicted octanol–water partition coefficient (Wildman–Crippen LogP) is 2.81. The van der Waals surface area contributed by atoms with Crippen molar-refractivity contribution in [2.75, 3.05) is 12.0 Å². The number of ether oxygens (including phenoxy) is 1. The van der Waals surface area contributed by atoms with E-state index < -0.39 is 23.7 Å². The Hall–Kier alpha value is -3.48. The van der Waals surface area contributed by atoms with Crippen molar-refractivity contribution in [1.82, 2.24) is 5.32 Å². The summed E-state index contributed by atoms with van der Waals surface area (Å²) in [5.74, 6) is -1.39. The number of carbonyl (C=O) groups excluding carboxylic acids is 3. The number of barbiturate groups is 1. The number of methoxy groups -OCH3 is 1. The summed E-state index contributed by atoms with van der Waals surface area (Å²) < 4.78 is 18.3. The van der Waals surface area contributed by atoms with Crippen LogP contribution in [0, 0.1) is 12.7 Å². The first kappa shape index (κ1) is 17.3. The van der Waals surface area contributed by atoms with Gasteiger partial charge in [-0.2, -0.15) is 0 Å². The van der Waals surface area contributed by atoms with Gasteiger partial charge in [0, 0.05) is 0 Å². The van der Waals surface area contributed by atoms with Crippen LogP contribution in [0.1, 0.15) is 11.1 Å². The Bertz CT molecular complexity index is 935. The second-order valence-corrected chi connectivity index (χ2v) is 5.66. The highest BCUT2D eigenvalue weighted by molar-refractivity contribution is 6.39. The third kappa shape index (κ3) is 3.19. The van der Waals surface area contributed by atoms with Crippen molar-refractivity contribution in [3.63, 3.8) is 0 Å². The lowest BCUT2D eigenvalue weighted by molar-refractivity contribution is -0.122. The number of imide groups is 2. The molecule has 2 aromatic carbocycles. The van der Waals surface area contributed by atoms with Crippen LogP contribution in [-0.2, 0) is 9.59 Å². The van der Waals surface area contributed by atoms with E-state index in [-0.39, 0.29) is 11.3 Å². The molecule has 6 nitrogen and oxygen atoms in total. The van der Waals surface area contributed by atoms with Gasteiger partial charge in [-0.3, -0.25) is 14.9 Å². The average Bonchev–Trinajstić information content (AvgIpc) is 2.60. The molecule has 2 aromatic rings. The Labute approximate surface area is 148 Å². The number of anilines is 1. The van der Waals surface area contributed by atoms with Crippen LogP contribution < -0.4 is 15.0 Å². The average molecular weight is 354 g/mol. The van der Waals surface area contributed by atoms with Gasteiger partial charge in [0.15, 0.2) is 0 Å². The van der Waals surface area contributed by atoms with Crippen molar-refractivity contribution >= 4 is 29.6 Å². The standard InChI is InChI=1S/C19H15FN2O4/c1-11-9-12(3-8-16(11)26-2)10-15-17(23)21-19(25)22(18(15)24)14-6-4-13(20)5-7-14/h3-10H,1-2H3,(H,21,23,25)/b15-10+. The summed E-state index contributed by atoms with van der Waals surface area (Å²) in [7, 11) is 1.55. The molecule has 7 heteroatoms. The topological polar surface area (TPSA) is 75.7 Å². The van der Waals surface area contributed by atoms with Gasteiger partial charge >= 0.3 is 6.03 Å². The van der Waals surface area contributed by atoms with Gasteiger partial charge in [0.05, 0.1) is 12.8 Å². The van der Waals surface area contributed by atoms with Crippen LogP contribution >= 0.6 is 0 Å². The minimum Gasteiger partial charge on any atom is -0.496 e. The maximum Gasteiger partial charge on any atom is 0.335 e. The molecule has 0 aliphatic carbocycles. The van der Waals surface area contributed by atoms with Crippen molar-refractivity contribution in [1.29, 1.82) is 0 Å². The number of aryl methyl sites for hydroxylation is 1. The first-order valence-electron chi connectivity index (χ1n) is 7.72. The van der Waals surface area contributed by atoms with Gasteiger partial charge in [-0.05, 0) is 60.5 Å². The minimum absolute atomic E-state index is 0.165. The summed E-state index contributed by atoms with van der Waals surface area (Å²) in [6.07, 6.45) is 1.40. The molecule has 1 N–H and O–H groups in total. The summed E-state index contributed by atoms with van der Waals surface area (Å²) in [4.78, 5) is 37.7. The van der Waals surface area contributed by atoms with Gasteiger partial charge < -0.3 is 4.74 Å². The number of benzene rings is 2. The molecule has 0 spiro atoms. The molecular weight excluding hydrogens is 339 g/mol. The molecule has 0 saturated carbocycles. The smallest absolute Gasteiger partial charge is 0.335 e. The van der Waals surface area contributed by atoms with Crippen LogP contribution in [0.25, 0.3) is 6.08 Å².